The molecule has 496 valence electrons. The van der Waals surface area contributed by atoms with Crippen molar-refractivity contribution in [2.24, 2.45) is 21.7 Å². The van der Waals surface area contributed by atoms with E-state index in [0.29, 0.717) is 52.7 Å². The van der Waals surface area contributed by atoms with Gasteiger partial charge in [-0.15, -0.1) is 0 Å². The van der Waals surface area contributed by atoms with Gasteiger partial charge in [-0.3, -0.25) is 19.2 Å². The van der Waals surface area contributed by atoms with Gasteiger partial charge < -0.3 is 58.3 Å². The molecule has 0 aliphatic rings. The van der Waals surface area contributed by atoms with Gasteiger partial charge in [-0.05, 0) is 181 Å². The lowest BCUT2D eigenvalue weighted by Gasteiger charge is -2.20. The lowest BCUT2D eigenvalue weighted by atomic mass is 9.91. The molecule has 0 aliphatic heterocycles. The maximum absolute atomic E-state index is 12.2. The fourth-order valence-electron chi connectivity index (χ4n) is 8.12. The molecule has 0 radical (unpaired) electrons. The van der Waals surface area contributed by atoms with Gasteiger partial charge in [0.15, 0.2) is 6.61 Å². The minimum absolute atomic E-state index is 0.0119. The summed E-state index contributed by atoms with van der Waals surface area (Å²) in [5, 5.41) is 44.6. The van der Waals surface area contributed by atoms with Crippen molar-refractivity contribution in [2.45, 2.75) is 109 Å². The highest BCUT2D eigenvalue weighted by Gasteiger charge is 2.30. The van der Waals surface area contributed by atoms with Gasteiger partial charge in [-0.2, -0.15) is 0 Å². The van der Waals surface area contributed by atoms with Gasteiger partial charge in [0.25, 0.3) is 0 Å². The average Bonchev–Trinajstić information content (AvgIpc) is 0.859. The number of hydrogen-bond acceptors (Lipinski definition) is 19. The Morgan fingerprint density at radius 1 is 0.366 bits per heavy atom. The minimum atomic E-state index is -0.636. The highest BCUT2D eigenvalue weighted by Crippen LogP contribution is 2.33. The van der Waals surface area contributed by atoms with E-state index in [1.54, 1.807) is 123 Å². The third-order valence-electron chi connectivity index (χ3n) is 15.8. The van der Waals surface area contributed by atoms with Crippen LogP contribution < -0.4 is 9.47 Å². The normalized spacial score (nSPS) is 11.3. The number of rotatable bonds is 23. The predicted octanol–water partition coefficient (Wildman–Crippen LogP) is 14.7. The van der Waals surface area contributed by atoms with Crippen LogP contribution in [0, 0.1) is 21.7 Å². The summed E-state index contributed by atoms with van der Waals surface area (Å²) in [5.41, 5.74) is -1.39. The summed E-state index contributed by atoms with van der Waals surface area (Å²) in [4.78, 5) is 83.3. The van der Waals surface area contributed by atoms with E-state index in [-0.39, 0.29) is 80.5 Å². The second-order valence-electron chi connectivity index (χ2n) is 24.3. The van der Waals surface area contributed by atoms with E-state index < -0.39 is 52.1 Å². The minimum Gasteiger partial charge on any atom is -0.508 e. The molecule has 0 unspecified atom stereocenters. The molecule has 0 atom stereocenters. The number of carbonyl (C=O) groups excluding carboxylic acids is 7. The Labute approximate surface area is 542 Å². The lowest BCUT2D eigenvalue weighted by Crippen LogP contribution is -2.29. The van der Waals surface area contributed by atoms with Crippen molar-refractivity contribution < 1.29 is 91.9 Å². The average molecular weight is 1280 g/mol. The van der Waals surface area contributed by atoms with Crippen molar-refractivity contribution in [2.75, 3.05) is 46.2 Å². The van der Waals surface area contributed by atoms with Gasteiger partial charge in [0.2, 0.25) is 0 Å². The van der Waals surface area contributed by atoms with Gasteiger partial charge in [-0.1, -0.05) is 100 Å². The fourth-order valence-corrected chi connectivity index (χ4v) is 8.12. The molecular formula is C74H86O19. The zero-order chi connectivity index (χ0) is 68.7. The molecule has 93 heavy (non-hydrogen) atoms. The summed E-state index contributed by atoms with van der Waals surface area (Å²) in [6.45, 7) is 22.3. The number of phenols is 4. The molecule has 8 aromatic carbocycles. The maximum Gasteiger partial charge on any atom is 0.349 e. The Kier molecular flexibility index (Phi) is 27.0. The lowest BCUT2D eigenvalue weighted by molar-refractivity contribution is -0.161. The molecule has 8 rings (SSSR count). The number of aromatic hydroxyl groups is 4. The Morgan fingerprint density at radius 2 is 0.774 bits per heavy atom. The number of hydrogen-bond donors (Lipinski definition) is 4. The standard InChI is InChI=1S/2C19H22O5.C18H20O5.C18H22O4/c1-4-19(2,3)18(22)24-10-9-23-17(21)15-6-5-14-12-16(20)8-7-13(14)11-15;1-4-19(2,3)18(22)24-12-11-23-17(21)15-9-10-16(20)14-8-6-5-7-13(14)15;1-4-18(2,3)17(21)22-11-16(20)23-15-8-6-12-9-14(19)7-5-13(12)10-15;1-4-18(2,3)17(20)22-12-11-21-16-10-6-7-13-14(16)8-5-9-15(13)19/h5-8,11-12,20H,4,9-10H2,1-3H3;5-10,20H,4,11-12H2,1-3H3;5-10,19H,4,11H2,1-3H3;5-10,19H,4,11-12H2,1-3H3. The first-order valence-corrected chi connectivity index (χ1v) is 30.7. The van der Waals surface area contributed by atoms with Crippen LogP contribution in [0.4, 0.5) is 0 Å². The van der Waals surface area contributed by atoms with Gasteiger partial charge in [-0.25, -0.2) is 14.4 Å². The molecule has 0 bridgehead atoms. The number of phenolic OH excluding ortho intramolecular Hbond substituents is 4. The molecule has 0 saturated carbocycles. The smallest absolute Gasteiger partial charge is 0.349 e. The van der Waals surface area contributed by atoms with Crippen LogP contribution in [0.2, 0.25) is 0 Å². The quantitative estimate of drug-likeness (QED) is 0.0200. The van der Waals surface area contributed by atoms with E-state index in [1.807, 2.05) is 93.5 Å². The zero-order valence-corrected chi connectivity index (χ0v) is 55.0. The van der Waals surface area contributed by atoms with Crippen molar-refractivity contribution >= 4 is 84.9 Å². The number of ether oxygens (including phenoxy) is 8. The molecular weight excluding hydrogens is 1190 g/mol. The summed E-state index contributed by atoms with van der Waals surface area (Å²) in [6.07, 6.45) is 2.71. The molecule has 0 saturated heterocycles. The van der Waals surface area contributed by atoms with E-state index in [2.05, 4.69) is 0 Å². The van der Waals surface area contributed by atoms with E-state index in [1.165, 1.54) is 12.1 Å². The molecule has 0 aromatic heterocycles. The van der Waals surface area contributed by atoms with E-state index >= 15 is 0 Å². The van der Waals surface area contributed by atoms with Crippen molar-refractivity contribution in [3.05, 3.63) is 157 Å². The van der Waals surface area contributed by atoms with Crippen LogP contribution in [-0.2, 0) is 52.4 Å². The summed E-state index contributed by atoms with van der Waals surface area (Å²) in [6, 6.07) is 40.8. The summed E-state index contributed by atoms with van der Waals surface area (Å²) >= 11 is 0. The number of fused-ring (bicyclic) bond motifs is 4. The number of carbonyl (C=O) groups is 7. The number of benzene rings is 8. The van der Waals surface area contributed by atoms with Gasteiger partial charge in [0.1, 0.15) is 74.1 Å². The van der Waals surface area contributed by atoms with E-state index in [9.17, 15) is 54.0 Å². The highest BCUT2D eigenvalue weighted by molar-refractivity contribution is 6.06. The summed E-state index contributed by atoms with van der Waals surface area (Å²) < 4.78 is 41.6. The van der Waals surface area contributed by atoms with Crippen molar-refractivity contribution in [3.8, 4) is 34.5 Å². The molecule has 8 aromatic rings. The van der Waals surface area contributed by atoms with Crippen LogP contribution in [-0.4, -0.2) is 108 Å². The molecule has 0 fully saturated rings. The topological polar surface area (TPSA) is 274 Å². The largest absolute Gasteiger partial charge is 0.508 e. The van der Waals surface area contributed by atoms with Crippen molar-refractivity contribution in [3.63, 3.8) is 0 Å². The Bertz CT molecular complexity index is 3900. The molecule has 0 aliphatic carbocycles. The molecule has 0 spiro atoms. The zero-order valence-electron chi connectivity index (χ0n) is 55.0. The maximum atomic E-state index is 12.2. The fraction of sp³-hybridized carbons (Fsp3) is 0.365. The summed E-state index contributed by atoms with van der Waals surface area (Å²) in [7, 11) is 0. The first kappa shape index (κ1) is 73.8. The second-order valence-corrected chi connectivity index (χ2v) is 24.3. The molecule has 19 heteroatoms. The van der Waals surface area contributed by atoms with Crippen LogP contribution >= 0.6 is 0 Å². The van der Waals surface area contributed by atoms with Crippen LogP contribution in [0.5, 0.6) is 34.5 Å². The van der Waals surface area contributed by atoms with Crippen LogP contribution in [0.25, 0.3) is 43.1 Å². The predicted molar refractivity (Wildman–Crippen MR) is 354 cm³/mol. The van der Waals surface area contributed by atoms with Gasteiger partial charge >= 0.3 is 41.8 Å². The van der Waals surface area contributed by atoms with Crippen LogP contribution in [0.15, 0.2) is 146 Å². The van der Waals surface area contributed by atoms with E-state index in [0.717, 1.165) is 38.7 Å². The molecule has 19 nitrogen and oxygen atoms in total. The van der Waals surface area contributed by atoms with Crippen LogP contribution in [0.1, 0.15) is 129 Å². The third-order valence-corrected chi connectivity index (χ3v) is 15.8. The van der Waals surface area contributed by atoms with Crippen LogP contribution in [0.3, 0.4) is 0 Å². The SMILES string of the molecule is CCC(C)(C)C(=O)OCC(=O)Oc1ccc2cc(O)ccc2c1.CCC(C)(C)C(=O)OCCOC(=O)c1ccc(O)c2ccccc12.CCC(C)(C)C(=O)OCCOC(=O)c1ccc2cc(O)ccc2c1.CCC(C)(C)C(=O)OCCOc1cccc2c(O)cccc12. The highest BCUT2D eigenvalue weighted by atomic mass is 16.6. The van der Waals surface area contributed by atoms with Crippen molar-refractivity contribution in [1.29, 1.82) is 0 Å². The van der Waals surface area contributed by atoms with Gasteiger partial charge in [0, 0.05) is 16.2 Å². The first-order chi connectivity index (χ1) is 44.0. The Hall–Kier alpha value is -9.91. The summed E-state index contributed by atoms with van der Waals surface area (Å²) in [5.74, 6) is -1.17. The second kappa shape index (κ2) is 34.0. The van der Waals surface area contributed by atoms with Crippen molar-refractivity contribution in [1.82, 2.24) is 0 Å². The third kappa shape index (κ3) is 21.6. The monoisotopic (exact) mass is 1280 g/mol. The molecule has 4 N–H and O–H groups in total. The number of esters is 7. The Balaban J connectivity index is 0.000000225. The molecule has 0 amide bonds. The van der Waals surface area contributed by atoms with E-state index in [4.69, 9.17) is 37.9 Å². The Morgan fingerprint density at radius 3 is 1.32 bits per heavy atom. The molecule has 0 heterocycles. The first-order valence-electron chi connectivity index (χ1n) is 30.7. The van der Waals surface area contributed by atoms with Gasteiger partial charge in [0.05, 0.1) is 32.8 Å².